The second-order valence-electron chi connectivity index (χ2n) is 4.35. The van der Waals surface area contributed by atoms with Crippen molar-refractivity contribution in [3.63, 3.8) is 0 Å². The van der Waals surface area contributed by atoms with Crippen molar-refractivity contribution in [1.29, 1.82) is 0 Å². The number of fused-ring (bicyclic) bond motifs is 1. The molecule has 0 saturated carbocycles. The molecule has 0 aliphatic rings. The first-order chi connectivity index (χ1) is 9.69. The molecule has 3 rings (SSSR count). The van der Waals surface area contributed by atoms with Gasteiger partial charge < -0.3 is 10.1 Å². The second kappa shape index (κ2) is 5.07. The van der Waals surface area contributed by atoms with Crippen molar-refractivity contribution in [3.8, 4) is 0 Å². The van der Waals surface area contributed by atoms with E-state index in [1.807, 2.05) is 12.1 Å². The van der Waals surface area contributed by atoms with Gasteiger partial charge in [-0.3, -0.25) is 4.79 Å². The van der Waals surface area contributed by atoms with Crippen LogP contribution in [0.3, 0.4) is 0 Å². The number of rotatable bonds is 3. The molecule has 7 heteroatoms. The molecule has 6 nitrogen and oxygen atoms in total. The fraction of sp³-hybridized carbons (Fsp3) is 0.154. The lowest BCUT2D eigenvalue weighted by molar-refractivity contribution is 0.275. The Labute approximate surface area is 118 Å². The van der Waals surface area contributed by atoms with Gasteiger partial charge >= 0.3 is 0 Å². The van der Waals surface area contributed by atoms with E-state index in [-0.39, 0.29) is 12.2 Å². The van der Waals surface area contributed by atoms with Crippen LogP contribution in [0.5, 0.6) is 0 Å². The molecule has 0 saturated heterocycles. The first-order valence-electron chi connectivity index (χ1n) is 5.98. The van der Waals surface area contributed by atoms with Crippen molar-refractivity contribution in [1.82, 2.24) is 19.6 Å². The van der Waals surface area contributed by atoms with Gasteiger partial charge in [0.15, 0.2) is 0 Å². The predicted molar refractivity (Wildman–Crippen MR) is 73.8 cm³/mol. The molecule has 0 aliphatic carbocycles. The summed E-state index contributed by atoms with van der Waals surface area (Å²) in [6, 6.07) is 7.24. The smallest absolute Gasteiger partial charge is 0.279 e. The molecule has 0 unspecified atom stereocenters. The van der Waals surface area contributed by atoms with Gasteiger partial charge in [0.2, 0.25) is 5.78 Å². The fourth-order valence-corrected chi connectivity index (χ4v) is 2.32. The second-order valence-corrected chi connectivity index (χ2v) is 4.78. The largest absolute Gasteiger partial charge is 0.390 e. The number of aromatic nitrogens is 4. The highest BCUT2D eigenvalue weighted by Gasteiger charge is 2.13. The zero-order valence-electron chi connectivity index (χ0n) is 10.4. The summed E-state index contributed by atoms with van der Waals surface area (Å²) < 4.78 is 1.18. The Morgan fingerprint density at radius 2 is 2.25 bits per heavy atom. The van der Waals surface area contributed by atoms with E-state index in [4.69, 9.17) is 11.6 Å². The minimum Gasteiger partial charge on any atom is -0.390 e. The summed E-state index contributed by atoms with van der Waals surface area (Å²) in [5, 5.41) is 13.9. The number of H-pyrrole nitrogens is 1. The topological polar surface area (TPSA) is 83.3 Å². The van der Waals surface area contributed by atoms with E-state index in [1.54, 1.807) is 12.1 Å². The van der Waals surface area contributed by atoms with Crippen LogP contribution in [0, 0.1) is 0 Å². The Morgan fingerprint density at radius 3 is 3.00 bits per heavy atom. The summed E-state index contributed by atoms with van der Waals surface area (Å²) >= 11 is 5.94. The molecule has 2 aromatic heterocycles. The Balaban J connectivity index is 2.14. The van der Waals surface area contributed by atoms with Crippen LogP contribution in [0.25, 0.3) is 5.78 Å². The number of benzene rings is 1. The minimum atomic E-state index is -0.291. The van der Waals surface area contributed by atoms with Crippen LogP contribution in [0.4, 0.5) is 0 Å². The summed E-state index contributed by atoms with van der Waals surface area (Å²) in [6.07, 6.45) is 1.65. The van der Waals surface area contributed by atoms with E-state index in [9.17, 15) is 9.90 Å². The average molecular weight is 291 g/mol. The van der Waals surface area contributed by atoms with Crippen LogP contribution < -0.4 is 5.56 Å². The Kier molecular flexibility index (Phi) is 3.25. The molecule has 1 aromatic carbocycles. The molecule has 20 heavy (non-hydrogen) atoms. The van der Waals surface area contributed by atoms with Crippen molar-refractivity contribution in [2.24, 2.45) is 0 Å². The quantitative estimate of drug-likeness (QED) is 0.758. The van der Waals surface area contributed by atoms with Crippen LogP contribution in [0.2, 0.25) is 5.02 Å². The third kappa shape index (κ3) is 2.19. The highest BCUT2D eigenvalue weighted by Crippen LogP contribution is 2.15. The summed E-state index contributed by atoms with van der Waals surface area (Å²) in [5.74, 6) is 0.314. The van der Waals surface area contributed by atoms with Gasteiger partial charge in [0, 0.05) is 17.0 Å². The Morgan fingerprint density at radius 1 is 1.40 bits per heavy atom. The zero-order chi connectivity index (χ0) is 14.1. The van der Waals surface area contributed by atoms with Crippen LogP contribution >= 0.6 is 11.6 Å². The van der Waals surface area contributed by atoms with E-state index in [0.717, 1.165) is 5.56 Å². The Hall–Kier alpha value is -2.18. The number of hydrogen-bond donors (Lipinski definition) is 2. The summed E-state index contributed by atoms with van der Waals surface area (Å²) in [5.41, 5.74) is 1.49. The van der Waals surface area contributed by atoms with E-state index >= 15 is 0 Å². The van der Waals surface area contributed by atoms with Crippen LogP contribution in [0.15, 0.2) is 35.4 Å². The maximum atomic E-state index is 12.4. The number of aliphatic hydroxyl groups is 1. The SMILES string of the molecule is O=c1c(Cc2cccc(Cl)c2)c(CO)[nH]c2ncnn12. The number of hydrogen-bond acceptors (Lipinski definition) is 4. The van der Waals surface area contributed by atoms with Crippen molar-refractivity contribution in [2.75, 3.05) is 0 Å². The lowest BCUT2D eigenvalue weighted by atomic mass is 10.0. The highest BCUT2D eigenvalue weighted by molar-refractivity contribution is 6.30. The fourth-order valence-electron chi connectivity index (χ4n) is 2.11. The van der Waals surface area contributed by atoms with Crippen molar-refractivity contribution >= 4 is 17.4 Å². The lowest BCUT2D eigenvalue weighted by Crippen LogP contribution is -2.23. The molecule has 2 heterocycles. The van der Waals surface area contributed by atoms with E-state index in [0.29, 0.717) is 28.5 Å². The summed E-state index contributed by atoms with van der Waals surface area (Å²) in [6.45, 7) is -0.269. The van der Waals surface area contributed by atoms with Crippen molar-refractivity contribution in [3.05, 3.63) is 62.8 Å². The van der Waals surface area contributed by atoms with E-state index in [1.165, 1.54) is 10.8 Å². The monoisotopic (exact) mass is 290 g/mol. The summed E-state index contributed by atoms with van der Waals surface area (Å²) in [4.78, 5) is 19.2. The normalized spacial score (nSPS) is 11.1. The number of halogens is 1. The third-order valence-corrected chi connectivity index (χ3v) is 3.29. The van der Waals surface area contributed by atoms with Gasteiger partial charge in [-0.2, -0.15) is 14.6 Å². The maximum absolute atomic E-state index is 12.4. The summed E-state index contributed by atoms with van der Waals surface area (Å²) in [7, 11) is 0. The van der Waals surface area contributed by atoms with Crippen LogP contribution in [-0.2, 0) is 13.0 Å². The maximum Gasteiger partial charge on any atom is 0.279 e. The average Bonchev–Trinajstić information content (AvgIpc) is 2.90. The van der Waals surface area contributed by atoms with Gasteiger partial charge in [-0.15, -0.1) is 0 Å². The molecule has 0 bridgehead atoms. The van der Waals surface area contributed by atoms with E-state index < -0.39 is 0 Å². The van der Waals surface area contributed by atoms with Gasteiger partial charge in [0.25, 0.3) is 5.56 Å². The Bertz CT molecular complexity index is 825. The highest BCUT2D eigenvalue weighted by atomic mass is 35.5. The van der Waals surface area contributed by atoms with Gasteiger partial charge in [-0.05, 0) is 17.7 Å². The molecular weight excluding hydrogens is 280 g/mol. The molecule has 0 radical (unpaired) electrons. The van der Waals surface area contributed by atoms with Crippen molar-refractivity contribution in [2.45, 2.75) is 13.0 Å². The first kappa shape index (κ1) is 12.8. The van der Waals surface area contributed by atoms with Crippen LogP contribution in [-0.4, -0.2) is 24.7 Å². The van der Waals surface area contributed by atoms with Crippen molar-refractivity contribution < 1.29 is 5.11 Å². The van der Waals surface area contributed by atoms with Gasteiger partial charge in [0.1, 0.15) is 6.33 Å². The molecular formula is C13H11ClN4O2. The standard InChI is InChI=1S/C13H11ClN4O2/c14-9-3-1-2-8(4-9)5-10-11(6-19)17-13-15-7-16-18(13)12(10)20/h1-4,7,19H,5-6H2,(H,15,16,17). The number of nitrogens with one attached hydrogen (secondary N) is 1. The molecule has 3 aromatic rings. The molecule has 0 atom stereocenters. The van der Waals surface area contributed by atoms with Gasteiger partial charge in [0.05, 0.1) is 12.3 Å². The minimum absolute atomic E-state index is 0.269. The lowest BCUT2D eigenvalue weighted by Gasteiger charge is -2.07. The molecule has 2 N–H and O–H groups in total. The zero-order valence-corrected chi connectivity index (χ0v) is 11.1. The van der Waals surface area contributed by atoms with Gasteiger partial charge in [-0.25, -0.2) is 0 Å². The molecule has 0 spiro atoms. The third-order valence-electron chi connectivity index (χ3n) is 3.05. The van der Waals surface area contributed by atoms with E-state index in [2.05, 4.69) is 15.1 Å². The van der Waals surface area contributed by atoms with Crippen LogP contribution in [0.1, 0.15) is 16.8 Å². The molecule has 0 amide bonds. The first-order valence-corrected chi connectivity index (χ1v) is 6.36. The molecule has 0 aliphatic heterocycles. The number of nitrogens with zero attached hydrogens (tertiary/aromatic N) is 3. The predicted octanol–water partition coefficient (Wildman–Crippen LogP) is 1.15. The number of aliphatic hydroxyl groups excluding tert-OH is 1. The number of aromatic amines is 1. The molecule has 102 valence electrons. The molecule has 0 fully saturated rings. The van der Waals surface area contributed by atoms with Gasteiger partial charge in [-0.1, -0.05) is 23.7 Å².